The Morgan fingerprint density at radius 1 is 1.41 bits per heavy atom. The van der Waals surface area contributed by atoms with E-state index in [-0.39, 0.29) is 12.4 Å². The second kappa shape index (κ2) is 4.52. The van der Waals surface area contributed by atoms with Crippen LogP contribution in [-0.4, -0.2) is 21.4 Å². The molecule has 7 nitrogen and oxygen atoms in total. The molecule has 7 heteroatoms. The Morgan fingerprint density at radius 2 is 2.12 bits per heavy atom. The van der Waals surface area contributed by atoms with Gasteiger partial charge >= 0.3 is 11.8 Å². The van der Waals surface area contributed by atoms with Crippen LogP contribution in [0.2, 0.25) is 0 Å². The fourth-order valence-corrected chi connectivity index (χ4v) is 1.30. The molecular weight excluding hydrogens is 226 g/mol. The van der Waals surface area contributed by atoms with Gasteiger partial charge < -0.3 is 14.8 Å². The first-order chi connectivity index (χ1) is 8.15. The molecule has 0 radical (unpaired) electrons. The topological polar surface area (TPSA) is 108 Å². The highest BCUT2D eigenvalue weighted by Crippen LogP contribution is 2.15. The van der Waals surface area contributed by atoms with Crippen LogP contribution in [0.5, 0.6) is 0 Å². The lowest BCUT2D eigenvalue weighted by Gasteiger charge is -2.01. The van der Waals surface area contributed by atoms with Crippen LogP contribution in [0.25, 0.3) is 11.5 Å². The van der Waals surface area contributed by atoms with Crippen molar-refractivity contribution in [3.05, 3.63) is 40.4 Å². The summed E-state index contributed by atoms with van der Waals surface area (Å²) in [5.41, 5.74) is 1.44. The number of carbonyl (C=O) groups is 1. The summed E-state index contributed by atoms with van der Waals surface area (Å²) in [5, 5.41) is 16.5. The molecule has 1 amide bonds. The molecule has 1 aromatic heterocycles. The summed E-state index contributed by atoms with van der Waals surface area (Å²) in [5.74, 6) is -0.413. The number of hydrogen-bond acceptors (Lipinski definition) is 4. The van der Waals surface area contributed by atoms with Gasteiger partial charge in [-0.2, -0.15) is 0 Å². The van der Waals surface area contributed by atoms with Crippen LogP contribution in [0, 0.1) is 0 Å². The second-order valence-electron chi connectivity index (χ2n) is 3.27. The van der Waals surface area contributed by atoms with Crippen molar-refractivity contribution in [1.29, 1.82) is 0 Å². The van der Waals surface area contributed by atoms with E-state index in [1.54, 1.807) is 24.3 Å². The number of nitrogens with zero attached hydrogens (tertiary/aromatic N) is 1. The van der Waals surface area contributed by atoms with Gasteiger partial charge in [0.2, 0.25) is 5.89 Å². The van der Waals surface area contributed by atoms with Gasteiger partial charge in [0.05, 0.1) is 0 Å². The van der Waals surface area contributed by atoms with Gasteiger partial charge in [-0.1, -0.05) is 12.1 Å². The van der Waals surface area contributed by atoms with Gasteiger partial charge in [-0.25, -0.2) is 14.7 Å². The molecule has 88 valence electrons. The molecule has 0 saturated carbocycles. The van der Waals surface area contributed by atoms with Crippen molar-refractivity contribution in [1.82, 2.24) is 15.5 Å². The minimum Gasteiger partial charge on any atom is -0.465 e. The van der Waals surface area contributed by atoms with E-state index in [4.69, 9.17) is 9.52 Å². The van der Waals surface area contributed by atoms with Gasteiger partial charge in [0, 0.05) is 12.1 Å². The molecule has 0 bridgehead atoms. The predicted molar refractivity (Wildman–Crippen MR) is 57.4 cm³/mol. The molecule has 3 N–H and O–H groups in total. The standard InChI is InChI=1S/C10H9N3O4/c14-9(15)11-5-6-1-3-7(4-2-6)8-12-13-10(16)17-8/h1-4,11H,5H2,(H,13,16)(H,14,15). The van der Waals surface area contributed by atoms with E-state index in [0.717, 1.165) is 5.56 Å². The molecule has 1 heterocycles. The van der Waals surface area contributed by atoms with Crippen molar-refractivity contribution in [2.75, 3.05) is 0 Å². The van der Waals surface area contributed by atoms with E-state index in [2.05, 4.69) is 15.5 Å². The summed E-state index contributed by atoms with van der Waals surface area (Å²) in [6, 6.07) is 6.83. The molecule has 0 aliphatic carbocycles. The zero-order valence-electron chi connectivity index (χ0n) is 8.64. The van der Waals surface area contributed by atoms with Gasteiger partial charge in [0.15, 0.2) is 0 Å². The van der Waals surface area contributed by atoms with Crippen LogP contribution in [0.1, 0.15) is 5.56 Å². The number of nitrogens with one attached hydrogen (secondary N) is 2. The Morgan fingerprint density at radius 3 is 2.65 bits per heavy atom. The fourth-order valence-electron chi connectivity index (χ4n) is 1.30. The van der Waals surface area contributed by atoms with Crippen molar-refractivity contribution in [2.24, 2.45) is 0 Å². The van der Waals surface area contributed by atoms with Gasteiger partial charge in [0.1, 0.15) is 0 Å². The largest absolute Gasteiger partial charge is 0.465 e. The summed E-state index contributed by atoms with van der Waals surface area (Å²) in [6.07, 6.45) is -1.08. The molecule has 0 saturated heterocycles. The van der Waals surface area contributed by atoms with Crippen LogP contribution in [0.3, 0.4) is 0 Å². The number of amides is 1. The van der Waals surface area contributed by atoms with Crippen LogP contribution in [0.15, 0.2) is 33.5 Å². The number of hydrogen-bond donors (Lipinski definition) is 3. The third kappa shape index (κ3) is 2.71. The second-order valence-corrected chi connectivity index (χ2v) is 3.27. The maximum absolute atomic E-state index is 10.7. The first-order valence-electron chi connectivity index (χ1n) is 4.77. The van der Waals surface area contributed by atoms with Crippen LogP contribution in [-0.2, 0) is 6.54 Å². The Kier molecular flexibility index (Phi) is 2.91. The van der Waals surface area contributed by atoms with E-state index in [9.17, 15) is 9.59 Å². The van der Waals surface area contributed by atoms with Gasteiger partial charge in [-0.05, 0) is 17.7 Å². The minimum atomic E-state index is -1.08. The number of carboxylic acid groups (broad SMARTS) is 1. The van der Waals surface area contributed by atoms with E-state index < -0.39 is 11.8 Å². The van der Waals surface area contributed by atoms with Crippen molar-refractivity contribution < 1.29 is 14.3 Å². The number of benzene rings is 1. The summed E-state index contributed by atoms with van der Waals surface area (Å²) in [7, 11) is 0. The molecule has 0 fully saturated rings. The third-order valence-corrected chi connectivity index (χ3v) is 2.08. The first-order valence-corrected chi connectivity index (χ1v) is 4.77. The van der Waals surface area contributed by atoms with Crippen LogP contribution in [0.4, 0.5) is 4.79 Å². The normalized spacial score (nSPS) is 10.1. The monoisotopic (exact) mass is 235 g/mol. The van der Waals surface area contributed by atoms with Gasteiger partial charge in [-0.15, -0.1) is 5.10 Å². The SMILES string of the molecule is O=C(O)NCc1ccc(-c2n[nH]c(=O)o2)cc1. The predicted octanol–water partition coefficient (Wildman–Crippen LogP) is 0.798. The number of aromatic amines is 1. The van der Waals surface area contributed by atoms with Crippen molar-refractivity contribution >= 4 is 6.09 Å². The van der Waals surface area contributed by atoms with Gasteiger partial charge in [-0.3, -0.25) is 0 Å². The molecule has 2 aromatic rings. The molecular formula is C10H9N3O4. The number of H-pyrrole nitrogens is 1. The molecule has 0 spiro atoms. The molecule has 17 heavy (non-hydrogen) atoms. The first kappa shape index (κ1) is 10.9. The average Bonchev–Trinajstić information content (AvgIpc) is 2.74. The quantitative estimate of drug-likeness (QED) is 0.729. The van der Waals surface area contributed by atoms with E-state index >= 15 is 0 Å². The number of rotatable bonds is 3. The molecule has 0 atom stereocenters. The highest BCUT2D eigenvalue weighted by molar-refractivity contribution is 5.64. The maximum atomic E-state index is 10.7. The highest BCUT2D eigenvalue weighted by atomic mass is 16.4. The molecule has 0 unspecified atom stereocenters. The lowest BCUT2D eigenvalue weighted by Crippen LogP contribution is -2.19. The Labute approximate surface area is 95.1 Å². The molecule has 2 rings (SSSR count). The lowest BCUT2D eigenvalue weighted by atomic mass is 10.1. The average molecular weight is 235 g/mol. The van der Waals surface area contributed by atoms with Crippen molar-refractivity contribution in [3.8, 4) is 11.5 Å². The fraction of sp³-hybridized carbons (Fsp3) is 0.100. The molecule has 0 aliphatic heterocycles. The minimum absolute atomic E-state index is 0.202. The third-order valence-electron chi connectivity index (χ3n) is 2.08. The summed E-state index contributed by atoms with van der Waals surface area (Å²) in [4.78, 5) is 21.0. The van der Waals surface area contributed by atoms with Crippen molar-refractivity contribution in [2.45, 2.75) is 6.54 Å². The van der Waals surface area contributed by atoms with E-state index in [1.165, 1.54) is 0 Å². The zero-order valence-corrected chi connectivity index (χ0v) is 8.64. The molecule has 1 aromatic carbocycles. The smallest absolute Gasteiger partial charge is 0.434 e. The molecule has 0 aliphatic rings. The number of aromatic nitrogens is 2. The van der Waals surface area contributed by atoms with Gasteiger partial charge in [0.25, 0.3) is 0 Å². The lowest BCUT2D eigenvalue weighted by molar-refractivity contribution is 0.194. The van der Waals surface area contributed by atoms with Crippen molar-refractivity contribution in [3.63, 3.8) is 0 Å². The summed E-state index contributed by atoms with van der Waals surface area (Å²) in [6.45, 7) is 0.222. The highest BCUT2D eigenvalue weighted by Gasteiger charge is 2.04. The van der Waals surface area contributed by atoms with E-state index in [0.29, 0.717) is 5.56 Å². The maximum Gasteiger partial charge on any atom is 0.434 e. The van der Waals surface area contributed by atoms with E-state index in [1.807, 2.05) is 0 Å². The van der Waals surface area contributed by atoms with Crippen LogP contribution >= 0.6 is 0 Å². The Hall–Kier alpha value is -2.57. The summed E-state index contributed by atoms with van der Waals surface area (Å²) < 4.78 is 4.78. The zero-order chi connectivity index (χ0) is 12.3. The Balaban J connectivity index is 2.13. The van der Waals surface area contributed by atoms with Crippen LogP contribution < -0.4 is 11.1 Å². The Bertz CT molecular complexity index is 570. The summed E-state index contributed by atoms with van der Waals surface area (Å²) >= 11 is 0.